The Balaban J connectivity index is 2.20. The SMILES string of the molecule is CCn1c(=O)c(C=Nc2cccc(Cl)c2)c(O)c2ccccc21. The molecule has 0 aliphatic heterocycles. The molecule has 5 heteroatoms. The van der Waals surface area contributed by atoms with E-state index in [4.69, 9.17) is 11.6 Å². The second-order valence-electron chi connectivity index (χ2n) is 5.07. The highest BCUT2D eigenvalue weighted by Gasteiger charge is 2.13. The summed E-state index contributed by atoms with van der Waals surface area (Å²) >= 11 is 5.93. The largest absolute Gasteiger partial charge is 0.506 e. The number of aliphatic imine (C=N–C) groups is 1. The number of hydrogen-bond acceptors (Lipinski definition) is 3. The van der Waals surface area contributed by atoms with Gasteiger partial charge in [0.05, 0.1) is 11.2 Å². The van der Waals surface area contributed by atoms with E-state index in [1.54, 1.807) is 34.9 Å². The van der Waals surface area contributed by atoms with Crippen molar-refractivity contribution < 1.29 is 5.11 Å². The molecule has 23 heavy (non-hydrogen) atoms. The molecule has 0 saturated heterocycles. The van der Waals surface area contributed by atoms with Gasteiger partial charge in [-0.1, -0.05) is 29.8 Å². The van der Waals surface area contributed by atoms with Gasteiger partial charge in [0.2, 0.25) is 0 Å². The zero-order valence-corrected chi connectivity index (χ0v) is 13.3. The minimum absolute atomic E-state index is 0.0546. The predicted octanol–water partition coefficient (Wildman–Crippen LogP) is 4.13. The van der Waals surface area contributed by atoms with Gasteiger partial charge in [0.25, 0.3) is 5.56 Å². The van der Waals surface area contributed by atoms with Crippen LogP contribution in [-0.2, 0) is 6.54 Å². The highest BCUT2D eigenvalue weighted by molar-refractivity contribution is 6.30. The van der Waals surface area contributed by atoms with E-state index in [9.17, 15) is 9.90 Å². The summed E-state index contributed by atoms with van der Waals surface area (Å²) in [6.45, 7) is 2.40. The second kappa shape index (κ2) is 6.26. The van der Waals surface area contributed by atoms with Crippen molar-refractivity contribution in [3.63, 3.8) is 0 Å². The van der Waals surface area contributed by atoms with Crippen LogP contribution in [0.4, 0.5) is 5.69 Å². The van der Waals surface area contributed by atoms with Crippen molar-refractivity contribution in [1.82, 2.24) is 4.57 Å². The third-order valence-corrected chi connectivity index (χ3v) is 3.88. The van der Waals surface area contributed by atoms with E-state index in [1.165, 1.54) is 6.21 Å². The van der Waals surface area contributed by atoms with Gasteiger partial charge in [-0.05, 0) is 37.3 Å². The molecular formula is C18H15ClN2O2. The van der Waals surface area contributed by atoms with E-state index in [1.807, 2.05) is 25.1 Å². The molecule has 1 heterocycles. The Morgan fingerprint density at radius 1 is 1.22 bits per heavy atom. The molecule has 1 N–H and O–H groups in total. The molecule has 3 rings (SSSR count). The average molecular weight is 327 g/mol. The van der Waals surface area contributed by atoms with Crippen molar-refractivity contribution in [2.24, 2.45) is 4.99 Å². The van der Waals surface area contributed by atoms with Gasteiger partial charge in [0, 0.05) is 23.2 Å². The molecule has 1 aromatic heterocycles. The normalized spacial score (nSPS) is 11.4. The van der Waals surface area contributed by atoms with Crippen molar-refractivity contribution in [3.8, 4) is 5.75 Å². The van der Waals surface area contributed by atoms with Crippen molar-refractivity contribution in [2.45, 2.75) is 13.5 Å². The van der Waals surface area contributed by atoms with Crippen LogP contribution in [0.5, 0.6) is 5.75 Å². The maximum absolute atomic E-state index is 12.6. The van der Waals surface area contributed by atoms with Crippen LogP contribution in [0.2, 0.25) is 5.02 Å². The predicted molar refractivity (Wildman–Crippen MR) is 94.3 cm³/mol. The Bertz CT molecular complexity index is 961. The van der Waals surface area contributed by atoms with Crippen LogP contribution < -0.4 is 5.56 Å². The quantitative estimate of drug-likeness (QED) is 0.736. The van der Waals surface area contributed by atoms with Crippen molar-refractivity contribution in [2.75, 3.05) is 0 Å². The van der Waals surface area contributed by atoms with Crippen LogP contribution in [-0.4, -0.2) is 15.9 Å². The first-order valence-corrected chi connectivity index (χ1v) is 7.63. The van der Waals surface area contributed by atoms with Crippen LogP contribution in [0, 0.1) is 0 Å². The van der Waals surface area contributed by atoms with E-state index in [0.29, 0.717) is 28.2 Å². The second-order valence-corrected chi connectivity index (χ2v) is 5.50. The maximum Gasteiger partial charge on any atom is 0.263 e. The molecule has 0 saturated carbocycles. The van der Waals surface area contributed by atoms with Crippen LogP contribution in [0.1, 0.15) is 12.5 Å². The molecule has 0 radical (unpaired) electrons. The molecule has 4 nitrogen and oxygen atoms in total. The highest BCUT2D eigenvalue weighted by Crippen LogP contribution is 2.26. The molecule has 0 fully saturated rings. The summed E-state index contributed by atoms with van der Waals surface area (Å²) in [5.41, 5.74) is 1.23. The minimum Gasteiger partial charge on any atom is -0.506 e. The molecular weight excluding hydrogens is 312 g/mol. The number of halogens is 1. The number of nitrogens with zero attached hydrogens (tertiary/aromatic N) is 2. The number of aryl methyl sites for hydroxylation is 1. The first kappa shape index (κ1) is 15.3. The van der Waals surface area contributed by atoms with E-state index in [2.05, 4.69) is 4.99 Å². The van der Waals surface area contributed by atoms with Gasteiger partial charge in [-0.25, -0.2) is 0 Å². The van der Waals surface area contributed by atoms with Gasteiger partial charge in [-0.15, -0.1) is 0 Å². The summed E-state index contributed by atoms with van der Waals surface area (Å²) in [6.07, 6.45) is 1.39. The topological polar surface area (TPSA) is 54.6 Å². The third-order valence-electron chi connectivity index (χ3n) is 3.65. The molecule has 116 valence electrons. The van der Waals surface area contributed by atoms with Crippen molar-refractivity contribution in [3.05, 3.63) is 69.5 Å². The summed E-state index contributed by atoms with van der Waals surface area (Å²) in [4.78, 5) is 16.9. The monoisotopic (exact) mass is 326 g/mol. The number of benzene rings is 2. The van der Waals surface area contributed by atoms with E-state index in [0.717, 1.165) is 0 Å². The lowest BCUT2D eigenvalue weighted by molar-refractivity contribution is 0.478. The molecule has 0 bridgehead atoms. The molecule has 0 unspecified atom stereocenters. The Kier molecular flexibility index (Phi) is 4.17. The molecule has 2 aromatic carbocycles. The standard InChI is InChI=1S/C18H15ClN2O2/c1-2-21-16-9-4-3-8-14(16)17(22)15(18(21)23)11-20-13-7-5-6-12(19)10-13/h3-11,22H,2H2,1H3. The molecule has 0 amide bonds. The number of fused-ring (bicyclic) bond motifs is 1. The molecule has 0 atom stereocenters. The number of aromatic hydroxyl groups is 1. The van der Waals surface area contributed by atoms with Gasteiger partial charge in [-0.3, -0.25) is 9.79 Å². The van der Waals surface area contributed by atoms with Crippen LogP contribution in [0.15, 0.2) is 58.3 Å². The number of rotatable bonds is 3. The summed E-state index contributed by atoms with van der Waals surface area (Å²) in [5, 5.41) is 11.6. The van der Waals surface area contributed by atoms with E-state index in [-0.39, 0.29) is 16.9 Å². The third kappa shape index (κ3) is 2.85. The highest BCUT2D eigenvalue weighted by atomic mass is 35.5. The minimum atomic E-state index is -0.269. The van der Waals surface area contributed by atoms with E-state index < -0.39 is 0 Å². The fraction of sp³-hybridized carbons (Fsp3) is 0.111. The zero-order chi connectivity index (χ0) is 16.4. The van der Waals surface area contributed by atoms with Crippen LogP contribution in [0.25, 0.3) is 10.9 Å². The fourth-order valence-electron chi connectivity index (χ4n) is 2.54. The van der Waals surface area contributed by atoms with Crippen LogP contribution >= 0.6 is 11.6 Å². The van der Waals surface area contributed by atoms with Crippen molar-refractivity contribution >= 4 is 34.4 Å². The number of para-hydroxylation sites is 1. The summed E-state index contributed by atoms with van der Waals surface area (Å²) in [5.74, 6) is -0.0546. The lowest BCUT2D eigenvalue weighted by Gasteiger charge is -2.11. The van der Waals surface area contributed by atoms with Crippen molar-refractivity contribution in [1.29, 1.82) is 0 Å². The van der Waals surface area contributed by atoms with Crippen LogP contribution in [0.3, 0.4) is 0 Å². The smallest absolute Gasteiger partial charge is 0.263 e. The molecule has 3 aromatic rings. The van der Waals surface area contributed by atoms with Gasteiger partial charge < -0.3 is 9.67 Å². The Morgan fingerprint density at radius 2 is 2.00 bits per heavy atom. The Labute approximate surface area is 138 Å². The lowest BCUT2D eigenvalue weighted by Crippen LogP contribution is -2.23. The van der Waals surface area contributed by atoms with Gasteiger partial charge in [0.1, 0.15) is 11.3 Å². The van der Waals surface area contributed by atoms with Gasteiger partial charge >= 0.3 is 0 Å². The summed E-state index contributed by atoms with van der Waals surface area (Å²) in [7, 11) is 0. The Hall–Kier alpha value is -2.59. The molecule has 0 aliphatic carbocycles. The number of hydrogen-bond donors (Lipinski definition) is 1. The maximum atomic E-state index is 12.6. The fourth-order valence-corrected chi connectivity index (χ4v) is 2.72. The molecule has 0 spiro atoms. The van der Waals surface area contributed by atoms with E-state index >= 15 is 0 Å². The first-order valence-electron chi connectivity index (χ1n) is 7.26. The number of aromatic nitrogens is 1. The number of pyridine rings is 1. The average Bonchev–Trinajstić information content (AvgIpc) is 2.55. The Morgan fingerprint density at radius 3 is 2.74 bits per heavy atom. The van der Waals surface area contributed by atoms with Gasteiger partial charge in [0.15, 0.2) is 0 Å². The zero-order valence-electron chi connectivity index (χ0n) is 12.5. The molecule has 0 aliphatic rings. The van der Waals surface area contributed by atoms with Gasteiger partial charge in [-0.2, -0.15) is 0 Å². The first-order chi connectivity index (χ1) is 11.1. The lowest BCUT2D eigenvalue weighted by atomic mass is 10.1. The summed E-state index contributed by atoms with van der Waals surface area (Å²) < 4.78 is 1.62. The summed E-state index contributed by atoms with van der Waals surface area (Å²) in [6, 6.07) is 14.3.